The van der Waals surface area contributed by atoms with Crippen LogP contribution >= 0.6 is 0 Å². The van der Waals surface area contributed by atoms with Gasteiger partial charge in [0.2, 0.25) is 5.91 Å². The van der Waals surface area contributed by atoms with Crippen LogP contribution in [0, 0.1) is 0 Å². The van der Waals surface area contributed by atoms with Gasteiger partial charge in [0.15, 0.2) is 6.54 Å². The van der Waals surface area contributed by atoms with Crippen LogP contribution in [0.25, 0.3) is 0 Å². The maximum absolute atomic E-state index is 11.5. The van der Waals surface area contributed by atoms with E-state index in [1.165, 1.54) is 6.92 Å². The van der Waals surface area contributed by atoms with Gasteiger partial charge in [0.1, 0.15) is 12.3 Å². The number of quaternary nitrogens is 1. The summed E-state index contributed by atoms with van der Waals surface area (Å²) in [5.74, 6) is 0.280. The van der Waals surface area contributed by atoms with E-state index < -0.39 is 0 Å². The second kappa shape index (κ2) is 7.38. The van der Waals surface area contributed by atoms with Crippen LogP contribution in [0.1, 0.15) is 12.5 Å². The van der Waals surface area contributed by atoms with Crippen LogP contribution in [0.15, 0.2) is 24.3 Å². The molecule has 0 heterocycles. The van der Waals surface area contributed by atoms with Crippen molar-refractivity contribution < 1.29 is 19.2 Å². The quantitative estimate of drug-likeness (QED) is 0.591. The highest BCUT2D eigenvalue weighted by Crippen LogP contribution is 2.11. The third-order valence-corrected chi connectivity index (χ3v) is 2.48. The van der Waals surface area contributed by atoms with Crippen LogP contribution in [0.4, 0.5) is 0 Å². The van der Waals surface area contributed by atoms with Gasteiger partial charge in [-0.05, 0) is 12.1 Å². The number of hydrogen-bond donors (Lipinski definition) is 3. The zero-order chi connectivity index (χ0) is 14.3. The summed E-state index contributed by atoms with van der Waals surface area (Å²) in [6.45, 7) is 2.31. The molecule has 1 atom stereocenters. The molecular formula is C13H20N3O3+. The molecule has 0 saturated heterocycles. The minimum atomic E-state index is -0.293. The number of hydrazine groups is 1. The largest absolute Gasteiger partial charge is 0.497 e. The number of ether oxygens (including phenoxy) is 1. The second-order valence-electron chi connectivity index (χ2n) is 4.39. The van der Waals surface area contributed by atoms with Crippen molar-refractivity contribution >= 4 is 11.8 Å². The Bertz CT molecular complexity index is 449. The summed E-state index contributed by atoms with van der Waals surface area (Å²) < 4.78 is 5.15. The Hall–Kier alpha value is -2.08. The maximum atomic E-state index is 11.5. The van der Waals surface area contributed by atoms with Crippen molar-refractivity contribution in [3.63, 3.8) is 0 Å². The highest BCUT2D eigenvalue weighted by molar-refractivity contribution is 5.81. The molecule has 1 rings (SSSR count). The van der Waals surface area contributed by atoms with E-state index >= 15 is 0 Å². The molecule has 0 spiro atoms. The Morgan fingerprint density at radius 1 is 1.32 bits per heavy atom. The second-order valence-corrected chi connectivity index (χ2v) is 4.39. The molecule has 104 valence electrons. The SMILES string of the molecule is COc1cccc(C[NH+](C)CC(=O)NNC(C)=O)c1. The van der Waals surface area contributed by atoms with Gasteiger partial charge in [-0.15, -0.1) is 0 Å². The number of methoxy groups -OCH3 is 1. The van der Waals surface area contributed by atoms with Gasteiger partial charge in [-0.2, -0.15) is 0 Å². The Morgan fingerprint density at radius 3 is 2.68 bits per heavy atom. The van der Waals surface area contributed by atoms with E-state index in [0.717, 1.165) is 16.2 Å². The first-order valence-corrected chi connectivity index (χ1v) is 6.01. The number of amides is 2. The first kappa shape index (κ1) is 15.0. The lowest BCUT2D eigenvalue weighted by molar-refractivity contribution is -0.885. The van der Waals surface area contributed by atoms with Crippen molar-refractivity contribution in [2.24, 2.45) is 0 Å². The summed E-state index contributed by atoms with van der Waals surface area (Å²) in [5.41, 5.74) is 5.69. The van der Waals surface area contributed by atoms with Crippen molar-refractivity contribution in [1.29, 1.82) is 0 Å². The summed E-state index contributed by atoms with van der Waals surface area (Å²) >= 11 is 0. The van der Waals surface area contributed by atoms with Gasteiger partial charge in [-0.3, -0.25) is 20.4 Å². The number of rotatable bonds is 5. The Kier molecular flexibility index (Phi) is 5.81. The molecule has 1 unspecified atom stereocenters. The number of carbonyl (C=O) groups is 2. The van der Waals surface area contributed by atoms with E-state index in [2.05, 4.69) is 10.9 Å². The first-order valence-electron chi connectivity index (χ1n) is 6.01. The van der Waals surface area contributed by atoms with Gasteiger partial charge < -0.3 is 9.64 Å². The van der Waals surface area contributed by atoms with E-state index in [-0.39, 0.29) is 18.4 Å². The highest BCUT2D eigenvalue weighted by Gasteiger charge is 2.10. The maximum Gasteiger partial charge on any atom is 0.293 e. The monoisotopic (exact) mass is 266 g/mol. The average Bonchev–Trinajstić information content (AvgIpc) is 2.36. The molecule has 0 aliphatic heterocycles. The predicted octanol–water partition coefficient (Wildman–Crippen LogP) is -1.12. The fourth-order valence-electron chi connectivity index (χ4n) is 1.67. The van der Waals surface area contributed by atoms with Crippen LogP contribution in [0.5, 0.6) is 5.75 Å². The van der Waals surface area contributed by atoms with Gasteiger partial charge >= 0.3 is 0 Å². The first-order chi connectivity index (χ1) is 9.01. The van der Waals surface area contributed by atoms with Crippen molar-refractivity contribution in [3.8, 4) is 5.75 Å². The fraction of sp³-hybridized carbons (Fsp3) is 0.385. The molecule has 0 radical (unpaired) electrons. The average molecular weight is 266 g/mol. The minimum Gasteiger partial charge on any atom is -0.497 e. The van der Waals surface area contributed by atoms with Crippen molar-refractivity contribution in [2.75, 3.05) is 20.7 Å². The summed E-state index contributed by atoms with van der Waals surface area (Å²) in [5, 5.41) is 0. The molecule has 6 heteroatoms. The van der Waals surface area contributed by atoms with Crippen molar-refractivity contribution in [1.82, 2.24) is 10.9 Å². The van der Waals surface area contributed by atoms with Gasteiger partial charge in [-0.1, -0.05) is 12.1 Å². The third-order valence-electron chi connectivity index (χ3n) is 2.48. The predicted molar refractivity (Wildman–Crippen MR) is 70.4 cm³/mol. The van der Waals surface area contributed by atoms with E-state index in [1.807, 2.05) is 31.3 Å². The van der Waals surface area contributed by atoms with Gasteiger partial charge in [0.25, 0.3) is 5.91 Å². The van der Waals surface area contributed by atoms with Crippen LogP contribution in [0.2, 0.25) is 0 Å². The molecule has 0 aliphatic rings. The summed E-state index contributed by atoms with van der Waals surface area (Å²) in [6, 6.07) is 7.72. The fourth-order valence-corrected chi connectivity index (χ4v) is 1.67. The molecule has 6 nitrogen and oxygen atoms in total. The van der Waals surface area contributed by atoms with Crippen LogP contribution in [-0.2, 0) is 16.1 Å². The van der Waals surface area contributed by atoms with Crippen molar-refractivity contribution in [3.05, 3.63) is 29.8 Å². The normalized spacial score (nSPS) is 11.5. The molecule has 0 saturated carbocycles. The smallest absolute Gasteiger partial charge is 0.293 e. The van der Waals surface area contributed by atoms with E-state index in [9.17, 15) is 9.59 Å². The lowest BCUT2D eigenvalue weighted by Gasteiger charge is -2.14. The number of benzene rings is 1. The summed E-state index contributed by atoms with van der Waals surface area (Å²) in [4.78, 5) is 23.2. The minimum absolute atomic E-state index is 0.226. The molecule has 1 aromatic rings. The number of hydrogen-bond acceptors (Lipinski definition) is 3. The molecule has 0 fully saturated rings. The third kappa shape index (κ3) is 5.87. The van der Waals surface area contributed by atoms with E-state index in [4.69, 9.17) is 4.74 Å². The van der Waals surface area contributed by atoms with E-state index in [0.29, 0.717) is 6.54 Å². The highest BCUT2D eigenvalue weighted by atomic mass is 16.5. The number of carbonyl (C=O) groups excluding carboxylic acids is 2. The van der Waals surface area contributed by atoms with E-state index in [1.54, 1.807) is 7.11 Å². The van der Waals surface area contributed by atoms with Gasteiger partial charge in [0, 0.05) is 12.5 Å². The van der Waals surface area contributed by atoms with Gasteiger partial charge in [-0.25, -0.2) is 0 Å². The molecule has 1 aromatic carbocycles. The molecule has 0 aromatic heterocycles. The molecule has 3 N–H and O–H groups in total. The molecule has 19 heavy (non-hydrogen) atoms. The molecule has 2 amide bonds. The lowest BCUT2D eigenvalue weighted by atomic mass is 10.2. The number of likely N-dealkylation sites (N-methyl/N-ethyl adjacent to an activating group) is 1. The van der Waals surface area contributed by atoms with Crippen LogP contribution < -0.4 is 20.5 Å². The zero-order valence-corrected chi connectivity index (χ0v) is 11.4. The van der Waals surface area contributed by atoms with Crippen molar-refractivity contribution in [2.45, 2.75) is 13.5 Å². The summed E-state index contributed by atoms with van der Waals surface area (Å²) in [6.07, 6.45) is 0. The standard InChI is InChI=1S/C13H19N3O3/c1-10(17)14-15-13(18)9-16(2)8-11-5-4-6-12(7-11)19-3/h4-7H,8-9H2,1-3H3,(H,14,17)(H,15,18)/p+1. The Balaban J connectivity index is 2.43. The Labute approximate surface area is 112 Å². The number of nitrogens with one attached hydrogen (secondary N) is 3. The molecular weight excluding hydrogens is 246 g/mol. The van der Waals surface area contributed by atoms with Crippen LogP contribution in [-0.4, -0.2) is 32.5 Å². The molecule has 0 bridgehead atoms. The molecule has 0 aliphatic carbocycles. The zero-order valence-electron chi connectivity index (χ0n) is 11.4. The summed E-state index contributed by atoms with van der Waals surface area (Å²) in [7, 11) is 3.53. The Morgan fingerprint density at radius 2 is 2.05 bits per heavy atom. The van der Waals surface area contributed by atoms with Gasteiger partial charge in [0.05, 0.1) is 14.2 Å². The topological polar surface area (TPSA) is 71.9 Å². The van der Waals surface area contributed by atoms with Crippen LogP contribution in [0.3, 0.4) is 0 Å². The lowest BCUT2D eigenvalue weighted by Crippen LogP contribution is -3.09.